The molecule has 0 aromatic heterocycles. The van der Waals surface area contributed by atoms with Crippen molar-refractivity contribution in [2.24, 2.45) is 0 Å². The van der Waals surface area contributed by atoms with E-state index in [0.717, 1.165) is 13.2 Å². The molecule has 0 fully saturated rings. The number of carbonyl (C=O) groups is 1. The summed E-state index contributed by atoms with van der Waals surface area (Å²) < 4.78 is 4.37. The summed E-state index contributed by atoms with van der Waals surface area (Å²) in [6.45, 7) is 0. The van der Waals surface area contributed by atoms with Gasteiger partial charge < -0.3 is 4.74 Å². The molecule has 0 saturated carbocycles. The van der Waals surface area contributed by atoms with E-state index in [1.54, 1.807) is 6.07 Å². The highest BCUT2D eigenvalue weighted by Gasteiger charge is 2.26. The predicted octanol–water partition coefficient (Wildman–Crippen LogP) is 1.91. The summed E-state index contributed by atoms with van der Waals surface area (Å²) in [5.41, 5.74) is -1.12. The number of nitro groups is 1. The lowest BCUT2D eigenvalue weighted by molar-refractivity contribution is -0.385. The minimum atomic E-state index is -0.945. The van der Waals surface area contributed by atoms with Crippen LogP contribution < -0.4 is 0 Å². The molecule has 1 rings (SSSR count). The van der Waals surface area contributed by atoms with Gasteiger partial charge in [0.25, 0.3) is 5.69 Å². The maximum atomic E-state index is 11.3. The second kappa shape index (κ2) is 4.59. The summed E-state index contributed by atoms with van der Waals surface area (Å²) in [4.78, 5) is 21.2. The maximum absolute atomic E-state index is 11.3. The molecule has 0 atom stereocenters. The van der Waals surface area contributed by atoms with Gasteiger partial charge in [0.05, 0.1) is 17.6 Å². The number of hydrogen-bond donors (Lipinski definition) is 0. The molecule has 0 aliphatic rings. The Morgan fingerprint density at radius 2 is 2.25 bits per heavy atom. The number of halogens is 1. The lowest BCUT2D eigenvalue weighted by Gasteiger charge is -2.03. The molecule has 0 radical (unpaired) electrons. The Morgan fingerprint density at radius 1 is 1.62 bits per heavy atom. The zero-order chi connectivity index (χ0) is 12.3. The van der Waals surface area contributed by atoms with Crippen LogP contribution >= 0.6 is 11.6 Å². The summed E-state index contributed by atoms with van der Waals surface area (Å²) in [6.07, 6.45) is 0. The summed E-state index contributed by atoms with van der Waals surface area (Å²) in [5, 5.41) is 19.5. The van der Waals surface area contributed by atoms with Crippen LogP contribution in [0.3, 0.4) is 0 Å². The first kappa shape index (κ1) is 11.9. The van der Waals surface area contributed by atoms with E-state index in [1.807, 2.05) is 0 Å². The van der Waals surface area contributed by atoms with Crippen LogP contribution in [-0.4, -0.2) is 18.0 Å². The Kier molecular flexibility index (Phi) is 3.43. The summed E-state index contributed by atoms with van der Waals surface area (Å²) in [6, 6.07) is 3.82. The van der Waals surface area contributed by atoms with Gasteiger partial charge in [0.2, 0.25) is 0 Å². The quantitative estimate of drug-likeness (QED) is 0.447. The van der Waals surface area contributed by atoms with Crippen molar-refractivity contribution in [1.82, 2.24) is 0 Å². The lowest BCUT2D eigenvalue weighted by Crippen LogP contribution is -2.08. The lowest BCUT2D eigenvalue weighted by atomic mass is 10.1. The van der Waals surface area contributed by atoms with E-state index < -0.39 is 16.6 Å². The Balaban J connectivity index is 3.59. The van der Waals surface area contributed by atoms with Gasteiger partial charge in [-0.3, -0.25) is 10.1 Å². The van der Waals surface area contributed by atoms with E-state index in [-0.39, 0.29) is 16.1 Å². The van der Waals surface area contributed by atoms with Gasteiger partial charge >= 0.3 is 5.97 Å². The highest BCUT2D eigenvalue weighted by Crippen LogP contribution is 2.27. The molecule has 0 N–H and O–H groups in total. The number of esters is 1. The predicted molar refractivity (Wildman–Crippen MR) is 54.2 cm³/mol. The Bertz CT molecular complexity index is 507. The van der Waals surface area contributed by atoms with Crippen molar-refractivity contribution in [2.45, 2.75) is 0 Å². The molecule has 0 aliphatic heterocycles. The van der Waals surface area contributed by atoms with Crippen molar-refractivity contribution in [3.63, 3.8) is 0 Å². The highest BCUT2D eigenvalue weighted by molar-refractivity contribution is 6.31. The molecule has 0 bridgehead atoms. The summed E-state index contributed by atoms with van der Waals surface area (Å²) in [5.74, 6) is -0.945. The van der Waals surface area contributed by atoms with E-state index >= 15 is 0 Å². The monoisotopic (exact) mass is 240 g/mol. The van der Waals surface area contributed by atoms with Gasteiger partial charge in [-0.15, -0.1) is 0 Å². The van der Waals surface area contributed by atoms with Gasteiger partial charge in [0.1, 0.15) is 6.07 Å². The van der Waals surface area contributed by atoms with Gasteiger partial charge in [-0.1, -0.05) is 11.6 Å². The number of nitrogens with zero attached hydrogens (tertiary/aromatic N) is 2. The van der Waals surface area contributed by atoms with Gasteiger partial charge in [-0.25, -0.2) is 4.79 Å². The van der Waals surface area contributed by atoms with Crippen molar-refractivity contribution in [1.29, 1.82) is 5.26 Å². The fourth-order valence-electron chi connectivity index (χ4n) is 1.14. The minimum Gasteiger partial charge on any atom is -0.465 e. The van der Waals surface area contributed by atoms with Crippen LogP contribution in [0.5, 0.6) is 0 Å². The van der Waals surface area contributed by atoms with Crippen LogP contribution in [0.2, 0.25) is 5.02 Å². The molecule has 16 heavy (non-hydrogen) atoms. The van der Waals surface area contributed by atoms with Gasteiger partial charge in [-0.2, -0.15) is 5.26 Å². The molecule has 82 valence electrons. The molecule has 6 nitrogen and oxygen atoms in total. The fourth-order valence-corrected chi connectivity index (χ4v) is 1.35. The number of ether oxygens (including phenoxy) is 1. The largest absolute Gasteiger partial charge is 0.465 e. The van der Waals surface area contributed by atoms with Crippen LogP contribution in [0.25, 0.3) is 0 Å². The first-order valence-electron chi connectivity index (χ1n) is 3.97. The van der Waals surface area contributed by atoms with Gasteiger partial charge in [0, 0.05) is 11.1 Å². The number of nitro benzene ring substituents is 1. The van der Waals surface area contributed by atoms with Crippen LogP contribution in [-0.2, 0) is 4.74 Å². The Hall–Kier alpha value is -2.13. The van der Waals surface area contributed by atoms with E-state index in [1.165, 1.54) is 6.07 Å². The second-order valence-electron chi connectivity index (χ2n) is 2.71. The average Bonchev–Trinajstić information content (AvgIpc) is 2.26. The number of methoxy groups -OCH3 is 1. The maximum Gasteiger partial charge on any atom is 0.346 e. The molecule has 0 amide bonds. The topological polar surface area (TPSA) is 93.2 Å². The SMILES string of the molecule is COC(=O)c1c(C#N)cc(Cl)cc1[N+](=O)[O-]. The number of nitriles is 1. The number of carbonyl (C=O) groups excluding carboxylic acids is 1. The molecule has 1 aromatic carbocycles. The third kappa shape index (κ3) is 2.10. The van der Waals surface area contributed by atoms with Crippen molar-refractivity contribution >= 4 is 23.3 Å². The first-order chi connectivity index (χ1) is 7.51. The summed E-state index contributed by atoms with van der Waals surface area (Å²) in [7, 11) is 1.07. The average molecular weight is 241 g/mol. The first-order valence-corrected chi connectivity index (χ1v) is 4.35. The zero-order valence-electron chi connectivity index (χ0n) is 8.06. The van der Waals surface area contributed by atoms with E-state index in [2.05, 4.69) is 4.74 Å². The van der Waals surface area contributed by atoms with Crippen LogP contribution in [0.15, 0.2) is 12.1 Å². The van der Waals surface area contributed by atoms with Crippen LogP contribution in [0.1, 0.15) is 15.9 Å². The van der Waals surface area contributed by atoms with E-state index in [4.69, 9.17) is 16.9 Å². The van der Waals surface area contributed by atoms with Crippen molar-refractivity contribution in [2.75, 3.05) is 7.11 Å². The molecule has 0 saturated heterocycles. The van der Waals surface area contributed by atoms with Gasteiger partial charge in [0.15, 0.2) is 5.56 Å². The number of rotatable bonds is 2. The minimum absolute atomic E-state index is 0.0101. The van der Waals surface area contributed by atoms with E-state index in [0.29, 0.717) is 0 Å². The van der Waals surface area contributed by atoms with Crippen LogP contribution in [0, 0.1) is 21.4 Å². The molecular formula is C9H5ClN2O4. The Morgan fingerprint density at radius 3 is 2.69 bits per heavy atom. The molecule has 7 heteroatoms. The number of hydrogen-bond acceptors (Lipinski definition) is 5. The second-order valence-corrected chi connectivity index (χ2v) is 3.14. The third-order valence-electron chi connectivity index (χ3n) is 1.79. The standard InChI is InChI=1S/C9H5ClN2O4/c1-16-9(13)8-5(4-11)2-6(10)3-7(8)12(14)15/h2-3H,1H3. The smallest absolute Gasteiger partial charge is 0.346 e. The molecule has 0 unspecified atom stereocenters. The number of benzene rings is 1. The fraction of sp³-hybridized carbons (Fsp3) is 0.111. The zero-order valence-corrected chi connectivity index (χ0v) is 8.82. The summed E-state index contributed by atoms with van der Waals surface area (Å²) >= 11 is 5.59. The third-order valence-corrected chi connectivity index (χ3v) is 2.01. The molecule has 0 spiro atoms. The highest BCUT2D eigenvalue weighted by atomic mass is 35.5. The van der Waals surface area contributed by atoms with Crippen molar-refractivity contribution in [3.8, 4) is 6.07 Å². The van der Waals surface area contributed by atoms with Crippen LogP contribution in [0.4, 0.5) is 5.69 Å². The van der Waals surface area contributed by atoms with Gasteiger partial charge in [-0.05, 0) is 6.07 Å². The Labute approximate surface area is 95.2 Å². The molecule has 0 heterocycles. The van der Waals surface area contributed by atoms with Crippen molar-refractivity contribution < 1.29 is 14.5 Å². The molecule has 1 aromatic rings. The normalized spacial score (nSPS) is 9.31. The molecular weight excluding hydrogens is 236 g/mol. The van der Waals surface area contributed by atoms with Crippen molar-refractivity contribution in [3.05, 3.63) is 38.4 Å². The molecule has 0 aliphatic carbocycles. The van der Waals surface area contributed by atoms with E-state index in [9.17, 15) is 14.9 Å².